The zero-order chi connectivity index (χ0) is 13.7. The lowest BCUT2D eigenvalue weighted by atomic mass is 10.2. The van der Waals surface area contributed by atoms with Crippen molar-refractivity contribution in [3.63, 3.8) is 0 Å². The van der Waals surface area contributed by atoms with Gasteiger partial charge in [0.05, 0.1) is 0 Å². The lowest BCUT2D eigenvalue weighted by Gasteiger charge is -2.10. The molecule has 2 amide bonds. The van der Waals surface area contributed by atoms with E-state index in [2.05, 4.69) is 20.5 Å². The van der Waals surface area contributed by atoms with E-state index in [-0.39, 0.29) is 6.03 Å². The summed E-state index contributed by atoms with van der Waals surface area (Å²) in [6.07, 6.45) is 0.624. The van der Waals surface area contributed by atoms with Gasteiger partial charge in [0.1, 0.15) is 5.82 Å². The predicted octanol–water partition coefficient (Wildman–Crippen LogP) is 1.29. The average Bonchev–Trinajstić information content (AvgIpc) is 2.88. The molecule has 0 saturated heterocycles. The van der Waals surface area contributed by atoms with Gasteiger partial charge in [-0.25, -0.2) is 9.78 Å². The van der Waals surface area contributed by atoms with Crippen LogP contribution >= 0.6 is 0 Å². The van der Waals surface area contributed by atoms with Crippen LogP contribution in [0, 0.1) is 0 Å². The third-order valence-corrected chi connectivity index (χ3v) is 2.61. The number of nitrogens with one attached hydrogen (secondary N) is 2. The van der Waals surface area contributed by atoms with E-state index in [4.69, 9.17) is 0 Å². The fourth-order valence-corrected chi connectivity index (χ4v) is 1.57. The Labute approximate surface area is 111 Å². The van der Waals surface area contributed by atoms with Crippen molar-refractivity contribution in [3.8, 4) is 11.4 Å². The van der Waals surface area contributed by atoms with Gasteiger partial charge >= 0.3 is 6.03 Å². The van der Waals surface area contributed by atoms with Crippen LogP contribution in [0.15, 0.2) is 30.3 Å². The molecule has 0 aliphatic carbocycles. The summed E-state index contributed by atoms with van der Waals surface area (Å²) in [6.45, 7) is 0.528. The number of carbonyl (C=O) groups excluding carboxylic acids is 1. The predicted molar refractivity (Wildman–Crippen MR) is 72.6 cm³/mol. The molecule has 1 heterocycles. The zero-order valence-electron chi connectivity index (χ0n) is 11.1. The van der Waals surface area contributed by atoms with Crippen molar-refractivity contribution in [3.05, 3.63) is 36.2 Å². The molecule has 1 aromatic heterocycles. The standard InChI is InChI=1S/C13H17N5O/c1-18(2)13(19)14-9-8-11-15-12(17-16-11)10-6-4-3-5-7-10/h3-7H,8-9H2,1-2H3,(H,14,19)(H,15,16,17). The first-order chi connectivity index (χ1) is 9.16. The molecule has 100 valence electrons. The molecule has 0 bridgehead atoms. The number of urea groups is 1. The molecule has 2 N–H and O–H groups in total. The van der Waals surface area contributed by atoms with Crippen molar-refractivity contribution in [2.45, 2.75) is 6.42 Å². The number of amides is 2. The number of carbonyl (C=O) groups is 1. The first-order valence-corrected chi connectivity index (χ1v) is 6.08. The molecule has 0 fully saturated rings. The van der Waals surface area contributed by atoms with Crippen molar-refractivity contribution in [1.29, 1.82) is 0 Å². The maximum absolute atomic E-state index is 11.3. The van der Waals surface area contributed by atoms with Crippen LogP contribution in [0.25, 0.3) is 11.4 Å². The SMILES string of the molecule is CN(C)C(=O)NCCc1nc(-c2ccccc2)n[nH]1. The van der Waals surface area contributed by atoms with Crippen molar-refractivity contribution in [1.82, 2.24) is 25.4 Å². The molecule has 1 aromatic carbocycles. The van der Waals surface area contributed by atoms with E-state index in [0.717, 1.165) is 11.4 Å². The van der Waals surface area contributed by atoms with Crippen LogP contribution in [0.4, 0.5) is 4.79 Å². The number of benzene rings is 1. The van der Waals surface area contributed by atoms with E-state index in [1.807, 2.05) is 30.3 Å². The molecular weight excluding hydrogens is 242 g/mol. The highest BCUT2D eigenvalue weighted by molar-refractivity contribution is 5.73. The van der Waals surface area contributed by atoms with Crippen LogP contribution in [-0.2, 0) is 6.42 Å². The molecule has 6 nitrogen and oxygen atoms in total. The fourth-order valence-electron chi connectivity index (χ4n) is 1.57. The van der Waals surface area contributed by atoms with Crippen molar-refractivity contribution in [2.24, 2.45) is 0 Å². The quantitative estimate of drug-likeness (QED) is 0.868. The maximum Gasteiger partial charge on any atom is 0.316 e. The van der Waals surface area contributed by atoms with Crippen molar-refractivity contribution >= 4 is 6.03 Å². The van der Waals surface area contributed by atoms with E-state index in [0.29, 0.717) is 18.8 Å². The second-order valence-electron chi connectivity index (χ2n) is 4.35. The zero-order valence-corrected chi connectivity index (χ0v) is 11.1. The lowest BCUT2D eigenvalue weighted by Crippen LogP contribution is -2.35. The largest absolute Gasteiger partial charge is 0.338 e. The smallest absolute Gasteiger partial charge is 0.316 e. The van der Waals surface area contributed by atoms with Gasteiger partial charge < -0.3 is 10.2 Å². The van der Waals surface area contributed by atoms with Crippen LogP contribution < -0.4 is 5.32 Å². The summed E-state index contributed by atoms with van der Waals surface area (Å²) >= 11 is 0. The molecule has 2 rings (SSSR count). The second kappa shape index (κ2) is 5.99. The Morgan fingerprint density at radius 3 is 2.74 bits per heavy atom. The Hall–Kier alpha value is -2.37. The van der Waals surface area contributed by atoms with Gasteiger partial charge in [0.25, 0.3) is 0 Å². The molecule has 6 heteroatoms. The van der Waals surface area contributed by atoms with Crippen LogP contribution in [0.2, 0.25) is 0 Å². The van der Waals surface area contributed by atoms with Gasteiger partial charge in [-0.05, 0) is 0 Å². The van der Waals surface area contributed by atoms with E-state index < -0.39 is 0 Å². The van der Waals surface area contributed by atoms with Crippen molar-refractivity contribution in [2.75, 3.05) is 20.6 Å². The van der Waals surface area contributed by atoms with Gasteiger partial charge in [-0.1, -0.05) is 30.3 Å². The topological polar surface area (TPSA) is 73.9 Å². The number of nitrogens with zero attached hydrogens (tertiary/aromatic N) is 3. The third kappa shape index (κ3) is 3.54. The van der Waals surface area contributed by atoms with Crippen LogP contribution in [-0.4, -0.2) is 46.8 Å². The van der Waals surface area contributed by atoms with Crippen LogP contribution in [0.3, 0.4) is 0 Å². The van der Waals surface area contributed by atoms with E-state index in [1.165, 1.54) is 4.90 Å². The molecule has 0 aliphatic rings. The third-order valence-electron chi connectivity index (χ3n) is 2.61. The van der Waals surface area contributed by atoms with Gasteiger partial charge in [-0.2, -0.15) is 5.10 Å². The Morgan fingerprint density at radius 2 is 2.05 bits per heavy atom. The van der Waals surface area contributed by atoms with Gasteiger partial charge in [0.15, 0.2) is 5.82 Å². The van der Waals surface area contributed by atoms with Crippen molar-refractivity contribution < 1.29 is 4.79 Å². The Kier molecular flexibility index (Phi) is 4.12. The summed E-state index contributed by atoms with van der Waals surface area (Å²) in [5.41, 5.74) is 0.974. The molecule has 0 unspecified atom stereocenters. The average molecular weight is 259 g/mol. The summed E-state index contributed by atoms with van der Waals surface area (Å²) in [7, 11) is 3.41. The maximum atomic E-state index is 11.3. The first-order valence-electron chi connectivity index (χ1n) is 6.08. The molecule has 2 aromatic rings. The summed E-state index contributed by atoms with van der Waals surface area (Å²) in [4.78, 5) is 17.2. The lowest BCUT2D eigenvalue weighted by molar-refractivity contribution is 0.217. The van der Waals surface area contributed by atoms with E-state index in [9.17, 15) is 4.79 Å². The molecule has 19 heavy (non-hydrogen) atoms. The fraction of sp³-hybridized carbons (Fsp3) is 0.308. The number of H-pyrrole nitrogens is 1. The Balaban J connectivity index is 1.90. The minimum atomic E-state index is -0.109. The Bertz CT molecular complexity index is 535. The Morgan fingerprint density at radius 1 is 1.32 bits per heavy atom. The minimum absolute atomic E-state index is 0.109. The minimum Gasteiger partial charge on any atom is -0.338 e. The molecule has 0 radical (unpaired) electrons. The second-order valence-corrected chi connectivity index (χ2v) is 4.35. The first kappa shape index (κ1) is 13.1. The summed E-state index contributed by atoms with van der Waals surface area (Å²) in [5.74, 6) is 1.44. The molecule has 0 saturated carbocycles. The highest BCUT2D eigenvalue weighted by Gasteiger charge is 2.06. The highest BCUT2D eigenvalue weighted by Crippen LogP contribution is 2.13. The van der Waals surface area contributed by atoms with Gasteiger partial charge in [0.2, 0.25) is 0 Å². The van der Waals surface area contributed by atoms with Gasteiger partial charge in [-0.15, -0.1) is 0 Å². The van der Waals surface area contributed by atoms with E-state index in [1.54, 1.807) is 14.1 Å². The number of aromatic nitrogens is 3. The number of rotatable bonds is 4. The van der Waals surface area contributed by atoms with Crippen LogP contribution in [0.1, 0.15) is 5.82 Å². The summed E-state index contributed by atoms with van der Waals surface area (Å²) in [6, 6.07) is 9.66. The summed E-state index contributed by atoms with van der Waals surface area (Å²) in [5, 5.41) is 9.82. The number of hydrogen-bond acceptors (Lipinski definition) is 3. The monoisotopic (exact) mass is 259 g/mol. The number of hydrogen-bond donors (Lipinski definition) is 2. The normalized spacial score (nSPS) is 10.2. The molecule has 0 spiro atoms. The van der Waals surface area contributed by atoms with E-state index >= 15 is 0 Å². The molecular formula is C13H17N5O. The van der Waals surface area contributed by atoms with Gasteiger partial charge in [-0.3, -0.25) is 5.10 Å². The molecule has 0 atom stereocenters. The highest BCUT2D eigenvalue weighted by atomic mass is 16.2. The number of aromatic amines is 1. The molecule has 0 aliphatic heterocycles. The van der Waals surface area contributed by atoms with Crippen LogP contribution in [0.5, 0.6) is 0 Å². The summed E-state index contributed by atoms with van der Waals surface area (Å²) < 4.78 is 0. The van der Waals surface area contributed by atoms with Gasteiger partial charge in [0, 0.05) is 32.6 Å².